The van der Waals surface area contributed by atoms with E-state index in [2.05, 4.69) is 0 Å². The minimum atomic E-state index is -4.24. The van der Waals surface area contributed by atoms with E-state index in [4.69, 9.17) is 40.6 Å². The summed E-state index contributed by atoms with van der Waals surface area (Å²) in [7, 11) is -4.24. The van der Waals surface area contributed by atoms with E-state index in [1.54, 1.807) is 0 Å². The Labute approximate surface area is 158 Å². The van der Waals surface area contributed by atoms with E-state index in [9.17, 15) is 17.6 Å². The van der Waals surface area contributed by atoms with Gasteiger partial charge < -0.3 is 0 Å². The summed E-state index contributed by atoms with van der Waals surface area (Å²) in [5, 5.41) is -0.125. The van der Waals surface area contributed by atoms with Crippen molar-refractivity contribution in [1.82, 2.24) is 5.43 Å². The molecule has 0 saturated carbocycles. The van der Waals surface area contributed by atoms with Crippen LogP contribution in [0, 0.1) is 5.82 Å². The largest absolute Gasteiger partial charge is 0.293 e. The Balaban J connectivity index is 2.58. The SMILES string of the molecule is NNC(=O)CN(c1ccc(F)c(Cl)c1)S(=O)(=O)c1ccc(Cl)c(Cl)c1. The van der Waals surface area contributed by atoms with Crippen LogP contribution in [0.4, 0.5) is 10.1 Å². The number of rotatable bonds is 5. The molecule has 2 aromatic carbocycles. The van der Waals surface area contributed by atoms with E-state index in [0.717, 1.165) is 22.5 Å². The standard InChI is InChI=1S/C14H11Cl3FN3O3S/c15-10-3-2-9(6-11(10)16)25(23,24)21(7-14(22)20-19)8-1-4-13(18)12(17)5-8/h1-6H,7,19H2,(H,20,22). The fourth-order valence-corrected chi connectivity index (χ4v) is 3.87. The molecule has 1 amide bonds. The number of anilines is 1. The lowest BCUT2D eigenvalue weighted by Crippen LogP contribution is -2.43. The molecule has 0 atom stereocenters. The third-order valence-corrected chi connectivity index (χ3v) is 5.92. The second-order valence-electron chi connectivity index (χ2n) is 4.75. The van der Waals surface area contributed by atoms with Crippen molar-refractivity contribution in [2.75, 3.05) is 10.8 Å². The van der Waals surface area contributed by atoms with Gasteiger partial charge in [-0.3, -0.25) is 14.5 Å². The fourth-order valence-electron chi connectivity index (χ4n) is 1.90. The zero-order valence-corrected chi connectivity index (χ0v) is 15.4. The number of halogens is 4. The molecule has 6 nitrogen and oxygen atoms in total. The third kappa shape index (κ3) is 4.34. The number of nitrogens with two attached hydrogens (primary N) is 1. The average Bonchev–Trinajstić information content (AvgIpc) is 2.57. The molecule has 3 N–H and O–H groups in total. The van der Waals surface area contributed by atoms with Crippen molar-refractivity contribution in [2.24, 2.45) is 5.84 Å². The van der Waals surface area contributed by atoms with Gasteiger partial charge in [0.25, 0.3) is 15.9 Å². The highest BCUT2D eigenvalue weighted by Crippen LogP contribution is 2.30. The molecule has 0 unspecified atom stereocenters. The number of amides is 1. The van der Waals surface area contributed by atoms with Gasteiger partial charge in [0.2, 0.25) is 0 Å². The Morgan fingerprint density at radius 3 is 2.32 bits per heavy atom. The van der Waals surface area contributed by atoms with Gasteiger partial charge in [0.05, 0.1) is 25.7 Å². The molecule has 0 aliphatic heterocycles. The third-order valence-electron chi connectivity index (χ3n) is 3.12. The number of carbonyl (C=O) groups excluding carboxylic acids is 1. The molecule has 0 radical (unpaired) electrons. The summed E-state index contributed by atoms with van der Waals surface area (Å²) in [5.74, 6) is 3.51. The van der Waals surface area contributed by atoms with Crippen molar-refractivity contribution in [3.63, 3.8) is 0 Å². The number of hydrazine groups is 1. The van der Waals surface area contributed by atoms with Crippen molar-refractivity contribution in [2.45, 2.75) is 4.90 Å². The van der Waals surface area contributed by atoms with Gasteiger partial charge in [-0.1, -0.05) is 34.8 Å². The van der Waals surface area contributed by atoms with E-state index < -0.39 is 28.3 Å². The summed E-state index contributed by atoms with van der Waals surface area (Å²) in [5.41, 5.74) is 1.81. The van der Waals surface area contributed by atoms with Crippen LogP contribution in [0.5, 0.6) is 0 Å². The van der Waals surface area contributed by atoms with E-state index in [1.165, 1.54) is 18.2 Å². The van der Waals surface area contributed by atoms with E-state index in [0.29, 0.717) is 0 Å². The van der Waals surface area contributed by atoms with Crippen LogP contribution in [-0.4, -0.2) is 20.9 Å². The number of hydrogen-bond donors (Lipinski definition) is 2. The zero-order valence-electron chi connectivity index (χ0n) is 12.3. The summed E-state index contributed by atoms with van der Waals surface area (Å²) in [6, 6.07) is 6.89. The van der Waals surface area contributed by atoms with Crippen LogP contribution in [0.25, 0.3) is 0 Å². The predicted octanol–water partition coefficient (Wildman–Crippen LogP) is 2.97. The zero-order chi connectivity index (χ0) is 18.8. The van der Waals surface area contributed by atoms with Crippen molar-refractivity contribution in [3.05, 3.63) is 57.3 Å². The first kappa shape index (κ1) is 19.7. The Hall–Kier alpha value is -1.58. The number of hydrogen-bond acceptors (Lipinski definition) is 4. The monoisotopic (exact) mass is 425 g/mol. The maximum Gasteiger partial charge on any atom is 0.264 e. The van der Waals surface area contributed by atoms with E-state index in [1.807, 2.05) is 5.43 Å². The van der Waals surface area contributed by atoms with Gasteiger partial charge in [-0.15, -0.1) is 0 Å². The maximum atomic E-state index is 13.4. The van der Waals surface area contributed by atoms with Crippen LogP contribution >= 0.6 is 34.8 Å². The fraction of sp³-hybridized carbons (Fsp3) is 0.0714. The second kappa shape index (κ2) is 7.76. The molecule has 25 heavy (non-hydrogen) atoms. The minimum absolute atomic E-state index is 0.0168. The molecule has 0 aliphatic rings. The van der Waals surface area contributed by atoms with Gasteiger partial charge in [-0.05, 0) is 36.4 Å². The summed E-state index contributed by atoms with van der Waals surface area (Å²) >= 11 is 17.4. The average molecular weight is 427 g/mol. The van der Waals surface area contributed by atoms with Gasteiger partial charge in [-0.25, -0.2) is 18.7 Å². The first-order chi connectivity index (χ1) is 11.7. The van der Waals surface area contributed by atoms with Crippen LogP contribution in [-0.2, 0) is 14.8 Å². The van der Waals surface area contributed by atoms with Gasteiger partial charge in [0, 0.05) is 0 Å². The van der Waals surface area contributed by atoms with Gasteiger partial charge >= 0.3 is 0 Å². The first-order valence-corrected chi connectivity index (χ1v) is 9.16. The minimum Gasteiger partial charge on any atom is -0.293 e. The van der Waals surface area contributed by atoms with Gasteiger partial charge in [0.1, 0.15) is 12.4 Å². The van der Waals surface area contributed by atoms with E-state index in [-0.39, 0.29) is 25.7 Å². The Morgan fingerprint density at radius 1 is 1.08 bits per heavy atom. The van der Waals surface area contributed by atoms with Crippen molar-refractivity contribution in [3.8, 4) is 0 Å². The molecule has 2 aromatic rings. The molecule has 0 saturated heterocycles. The van der Waals surface area contributed by atoms with Gasteiger partial charge in [0.15, 0.2) is 0 Å². The van der Waals surface area contributed by atoms with Gasteiger partial charge in [-0.2, -0.15) is 0 Å². The maximum absolute atomic E-state index is 13.4. The van der Waals surface area contributed by atoms with Crippen molar-refractivity contribution in [1.29, 1.82) is 0 Å². The number of sulfonamides is 1. The summed E-state index contributed by atoms with van der Waals surface area (Å²) < 4.78 is 39.9. The number of nitrogens with one attached hydrogen (secondary N) is 1. The van der Waals surface area contributed by atoms with Crippen molar-refractivity contribution < 1.29 is 17.6 Å². The van der Waals surface area contributed by atoms with Crippen LogP contribution in [0.3, 0.4) is 0 Å². The molecule has 0 heterocycles. The Bertz CT molecular complexity index is 925. The van der Waals surface area contributed by atoms with Crippen LogP contribution in [0.15, 0.2) is 41.3 Å². The smallest absolute Gasteiger partial charge is 0.264 e. The lowest BCUT2D eigenvalue weighted by molar-refractivity contribution is -0.119. The molecular formula is C14H11Cl3FN3O3S. The Morgan fingerprint density at radius 2 is 1.76 bits per heavy atom. The number of carbonyl (C=O) groups is 1. The Kier molecular flexibility index (Phi) is 6.12. The first-order valence-electron chi connectivity index (χ1n) is 6.59. The van der Waals surface area contributed by atoms with Crippen LogP contribution in [0.2, 0.25) is 15.1 Å². The lowest BCUT2D eigenvalue weighted by Gasteiger charge is -2.24. The molecule has 0 aromatic heterocycles. The highest BCUT2D eigenvalue weighted by atomic mass is 35.5. The highest BCUT2D eigenvalue weighted by Gasteiger charge is 2.28. The highest BCUT2D eigenvalue weighted by molar-refractivity contribution is 7.92. The topological polar surface area (TPSA) is 92.5 Å². The van der Waals surface area contributed by atoms with Crippen LogP contribution < -0.4 is 15.6 Å². The number of nitrogens with zero attached hydrogens (tertiary/aromatic N) is 1. The molecule has 0 bridgehead atoms. The predicted molar refractivity (Wildman–Crippen MR) is 94.7 cm³/mol. The molecular weight excluding hydrogens is 416 g/mol. The molecule has 0 fully saturated rings. The van der Waals surface area contributed by atoms with E-state index >= 15 is 0 Å². The number of benzene rings is 2. The lowest BCUT2D eigenvalue weighted by atomic mass is 10.3. The molecule has 2 rings (SSSR count). The summed E-state index contributed by atoms with van der Waals surface area (Å²) in [4.78, 5) is 11.4. The molecule has 0 spiro atoms. The molecule has 11 heteroatoms. The van der Waals surface area contributed by atoms with Crippen molar-refractivity contribution >= 4 is 56.4 Å². The molecule has 134 valence electrons. The summed E-state index contributed by atoms with van der Waals surface area (Å²) in [6.45, 7) is -0.652. The second-order valence-corrected chi connectivity index (χ2v) is 7.84. The summed E-state index contributed by atoms with van der Waals surface area (Å²) in [6.07, 6.45) is 0. The van der Waals surface area contributed by atoms with Crippen LogP contribution in [0.1, 0.15) is 0 Å². The quantitative estimate of drug-likeness (QED) is 0.437. The molecule has 0 aliphatic carbocycles. The normalized spacial score (nSPS) is 11.2.